The van der Waals surface area contributed by atoms with Gasteiger partial charge in [-0.05, 0) is 37.6 Å². The van der Waals surface area contributed by atoms with Crippen molar-refractivity contribution in [3.8, 4) is 0 Å². The standard InChI is InChI=1S/C15H30N2O3/c1-3-4-11(2)7-12-5-6-16-14(8-12)15(20)17-13(9-18)10-19/h11-14,16,18-19H,3-10H2,1-2H3,(H,17,20). The molecule has 0 aromatic carbocycles. The predicted octanol–water partition coefficient (Wildman–Crippen LogP) is 0.650. The van der Waals surface area contributed by atoms with Crippen LogP contribution in [0.3, 0.4) is 0 Å². The van der Waals surface area contributed by atoms with Crippen LogP contribution in [0.2, 0.25) is 0 Å². The van der Waals surface area contributed by atoms with Crippen molar-refractivity contribution in [1.29, 1.82) is 0 Å². The number of amides is 1. The summed E-state index contributed by atoms with van der Waals surface area (Å²) < 4.78 is 0. The maximum Gasteiger partial charge on any atom is 0.237 e. The summed E-state index contributed by atoms with van der Waals surface area (Å²) in [5, 5.41) is 23.9. The zero-order valence-electron chi connectivity index (χ0n) is 12.8. The molecule has 1 aliphatic rings. The average molecular weight is 286 g/mol. The molecule has 0 spiro atoms. The van der Waals surface area contributed by atoms with Crippen LogP contribution >= 0.6 is 0 Å². The minimum Gasteiger partial charge on any atom is -0.394 e. The number of aliphatic hydroxyl groups excluding tert-OH is 2. The van der Waals surface area contributed by atoms with Gasteiger partial charge in [-0.2, -0.15) is 0 Å². The van der Waals surface area contributed by atoms with Gasteiger partial charge in [-0.15, -0.1) is 0 Å². The van der Waals surface area contributed by atoms with Crippen LogP contribution < -0.4 is 10.6 Å². The lowest BCUT2D eigenvalue weighted by Crippen LogP contribution is -2.52. The summed E-state index contributed by atoms with van der Waals surface area (Å²) in [5.74, 6) is 1.20. The van der Waals surface area contributed by atoms with Crippen LogP contribution in [0.5, 0.6) is 0 Å². The molecule has 0 aliphatic carbocycles. The number of rotatable bonds is 8. The minimum atomic E-state index is -0.552. The van der Waals surface area contributed by atoms with Crippen LogP contribution in [0, 0.1) is 11.8 Å². The Labute approximate surface area is 122 Å². The van der Waals surface area contributed by atoms with Crippen molar-refractivity contribution in [3.05, 3.63) is 0 Å². The van der Waals surface area contributed by atoms with Crippen molar-refractivity contribution < 1.29 is 15.0 Å². The van der Waals surface area contributed by atoms with Crippen LogP contribution in [0.1, 0.15) is 46.0 Å². The molecule has 5 nitrogen and oxygen atoms in total. The van der Waals surface area contributed by atoms with Crippen LogP contribution in [0.4, 0.5) is 0 Å². The Kier molecular flexibility index (Phi) is 8.11. The molecule has 0 aromatic heterocycles. The SMILES string of the molecule is CCCC(C)CC1CCNC(C(=O)NC(CO)CO)C1. The fourth-order valence-electron chi connectivity index (χ4n) is 3.04. The second-order valence-electron chi connectivity index (χ2n) is 6.10. The second kappa shape index (κ2) is 9.32. The number of aliphatic hydroxyl groups is 2. The maximum absolute atomic E-state index is 12.1. The van der Waals surface area contributed by atoms with Crippen LogP contribution in [0.25, 0.3) is 0 Å². The normalized spacial score (nSPS) is 24.6. The molecule has 0 radical (unpaired) electrons. The zero-order chi connectivity index (χ0) is 15.0. The maximum atomic E-state index is 12.1. The van der Waals surface area contributed by atoms with Gasteiger partial charge >= 0.3 is 0 Å². The van der Waals surface area contributed by atoms with E-state index in [1.807, 2.05) is 0 Å². The molecule has 1 amide bonds. The number of carbonyl (C=O) groups is 1. The quantitative estimate of drug-likeness (QED) is 0.528. The third-order valence-corrected chi connectivity index (χ3v) is 4.13. The molecule has 1 fully saturated rings. The smallest absolute Gasteiger partial charge is 0.237 e. The Hall–Kier alpha value is -0.650. The van der Waals surface area contributed by atoms with Gasteiger partial charge in [0, 0.05) is 0 Å². The molecule has 0 aromatic rings. The van der Waals surface area contributed by atoms with E-state index in [1.54, 1.807) is 0 Å². The molecule has 1 rings (SSSR count). The van der Waals surface area contributed by atoms with Crippen LogP contribution in [-0.2, 0) is 4.79 Å². The molecule has 1 heterocycles. The molecule has 0 bridgehead atoms. The van der Waals surface area contributed by atoms with Gasteiger partial charge in [0.05, 0.1) is 25.3 Å². The van der Waals surface area contributed by atoms with Gasteiger partial charge < -0.3 is 20.8 Å². The van der Waals surface area contributed by atoms with Crippen molar-refractivity contribution in [1.82, 2.24) is 10.6 Å². The van der Waals surface area contributed by atoms with Crippen molar-refractivity contribution in [2.45, 2.75) is 58.0 Å². The highest BCUT2D eigenvalue weighted by molar-refractivity contribution is 5.82. The molecule has 20 heavy (non-hydrogen) atoms. The van der Waals surface area contributed by atoms with E-state index in [0.29, 0.717) is 5.92 Å². The summed E-state index contributed by atoms with van der Waals surface area (Å²) in [6.45, 7) is 4.90. The fraction of sp³-hybridized carbons (Fsp3) is 0.933. The van der Waals surface area contributed by atoms with E-state index in [2.05, 4.69) is 24.5 Å². The average Bonchev–Trinajstić information content (AvgIpc) is 2.45. The van der Waals surface area contributed by atoms with E-state index >= 15 is 0 Å². The number of piperidine rings is 1. The van der Waals surface area contributed by atoms with Gasteiger partial charge in [-0.3, -0.25) is 4.79 Å². The highest BCUT2D eigenvalue weighted by atomic mass is 16.3. The molecule has 0 saturated carbocycles. The fourth-order valence-corrected chi connectivity index (χ4v) is 3.04. The highest BCUT2D eigenvalue weighted by Gasteiger charge is 2.28. The van der Waals surface area contributed by atoms with Gasteiger partial charge in [-0.1, -0.05) is 26.7 Å². The van der Waals surface area contributed by atoms with Crippen molar-refractivity contribution in [2.24, 2.45) is 11.8 Å². The van der Waals surface area contributed by atoms with Gasteiger partial charge in [0.1, 0.15) is 0 Å². The van der Waals surface area contributed by atoms with Gasteiger partial charge in [0.15, 0.2) is 0 Å². The van der Waals surface area contributed by atoms with E-state index in [0.717, 1.165) is 25.3 Å². The van der Waals surface area contributed by atoms with E-state index in [-0.39, 0.29) is 25.2 Å². The predicted molar refractivity (Wildman–Crippen MR) is 79.3 cm³/mol. The summed E-state index contributed by atoms with van der Waals surface area (Å²) in [5.41, 5.74) is 0. The summed E-state index contributed by atoms with van der Waals surface area (Å²) in [7, 11) is 0. The van der Waals surface area contributed by atoms with E-state index in [1.165, 1.54) is 19.3 Å². The third-order valence-electron chi connectivity index (χ3n) is 4.13. The first-order valence-electron chi connectivity index (χ1n) is 7.86. The second-order valence-corrected chi connectivity index (χ2v) is 6.10. The molecule has 118 valence electrons. The summed E-state index contributed by atoms with van der Waals surface area (Å²) in [6.07, 6.45) is 5.62. The molecular formula is C15H30N2O3. The van der Waals surface area contributed by atoms with E-state index in [4.69, 9.17) is 10.2 Å². The van der Waals surface area contributed by atoms with Crippen LogP contribution in [0.15, 0.2) is 0 Å². The summed E-state index contributed by atoms with van der Waals surface area (Å²) >= 11 is 0. The Morgan fingerprint density at radius 1 is 1.40 bits per heavy atom. The Morgan fingerprint density at radius 3 is 2.70 bits per heavy atom. The highest BCUT2D eigenvalue weighted by Crippen LogP contribution is 2.26. The lowest BCUT2D eigenvalue weighted by molar-refractivity contribution is -0.125. The molecule has 3 atom stereocenters. The molecule has 5 heteroatoms. The first-order valence-corrected chi connectivity index (χ1v) is 7.86. The largest absolute Gasteiger partial charge is 0.394 e. The molecule has 4 N–H and O–H groups in total. The first-order chi connectivity index (χ1) is 9.60. The molecular weight excluding hydrogens is 256 g/mol. The Morgan fingerprint density at radius 2 is 2.10 bits per heavy atom. The van der Waals surface area contributed by atoms with Crippen molar-refractivity contribution in [2.75, 3.05) is 19.8 Å². The summed E-state index contributed by atoms with van der Waals surface area (Å²) in [4.78, 5) is 12.1. The lowest BCUT2D eigenvalue weighted by Gasteiger charge is -2.31. The number of hydrogen-bond donors (Lipinski definition) is 4. The van der Waals surface area contributed by atoms with E-state index < -0.39 is 6.04 Å². The van der Waals surface area contributed by atoms with Gasteiger partial charge in [0.25, 0.3) is 0 Å². The zero-order valence-corrected chi connectivity index (χ0v) is 12.8. The minimum absolute atomic E-state index is 0.106. The molecule has 1 aliphatic heterocycles. The van der Waals surface area contributed by atoms with Crippen molar-refractivity contribution in [3.63, 3.8) is 0 Å². The number of hydrogen-bond acceptors (Lipinski definition) is 4. The Balaban J connectivity index is 2.41. The Bertz CT molecular complexity index is 282. The van der Waals surface area contributed by atoms with Gasteiger partial charge in [-0.25, -0.2) is 0 Å². The molecule has 3 unspecified atom stereocenters. The van der Waals surface area contributed by atoms with E-state index in [9.17, 15) is 4.79 Å². The lowest BCUT2D eigenvalue weighted by atomic mass is 9.84. The van der Waals surface area contributed by atoms with Crippen molar-refractivity contribution >= 4 is 5.91 Å². The molecule has 1 saturated heterocycles. The first kappa shape index (κ1) is 17.4. The van der Waals surface area contributed by atoms with Crippen LogP contribution in [-0.4, -0.2) is 48.0 Å². The third kappa shape index (κ3) is 5.77. The monoisotopic (exact) mass is 286 g/mol. The number of carbonyl (C=O) groups excluding carboxylic acids is 1. The number of nitrogens with one attached hydrogen (secondary N) is 2. The van der Waals surface area contributed by atoms with Gasteiger partial charge in [0.2, 0.25) is 5.91 Å². The topological polar surface area (TPSA) is 81.6 Å². The summed E-state index contributed by atoms with van der Waals surface area (Å²) in [6, 6.07) is -0.744.